The molecule has 0 radical (unpaired) electrons. The highest BCUT2D eigenvalue weighted by Gasteiger charge is 2.53. The Morgan fingerprint density at radius 1 is 0.800 bits per heavy atom. The van der Waals surface area contributed by atoms with Gasteiger partial charge in [0.15, 0.2) is 24.6 Å². The topological polar surface area (TPSA) is 228 Å². The maximum Gasteiger partial charge on any atom is 0.295 e. The van der Waals surface area contributed by atoms with Crippen molar-refractivity contribution in [3.05, 3.63) is 40.5 Å². The molecule has 0 N–H and O–H groups in total. The second-order valence-corrected chi connectivity index (χ2v) is 4.18. The maximum atomic E-state index is 10.6. The maximum absolute atomic E-state index is 10.6. The van der Waals surface area contributed by atoms with Gasteiger partial charge in [-0.1, -0.05) is 0 Å². The number of rotatable bonds is 10. The third kappa shape index (κ3) is 5.69. The standard InChI is InChI=1S/C7H10N4O14/c1-20-7-6(25-11(18)19)5(24-10(16)17)4(23-9(14)15)3(22-7)2-21-8(12)13/h3-7H,2H2,1H3. The van der Waals surface area contributed by atoms with Crippen molar-refractivity contribution in [1.29, 1.82) is 0 Å². The number of hydrogen-bond donors (Lipinski definition) is 0. The van der Waals surface area contributed by atoms with Crippen molar-refractivity contribution in [2.24, 2.45) is 0 Å². The third-order valence-corrected chi connectivity index (χ3v) is 2.79. The Morgan fingerprint density at radius 3 is 1.72 bits per heavy atom. The largest absolute Gasteiger partial charge is 0.353 e. The molecule has 0 spiro atoms. The Kier molecular flexibility index (Phi) is 6.75. The van der Waals surface area contributed by atoms with Crippen LogP contribution in [0.1, 0.15) is 0 Å². The van der Waals surface area contributed by atoms with E-state index in [0.717, 1.165) is 7.11 Å². The minimum absolute atomic E-state index is 0.963. The predicted molar refractivity (Wildman–Crippen MR) is 64.2 cm³/mol. The van der Waals surface area contributed by atoms with Gasteiger partial charge in [-0.15, -0.1) is 40.5 Å². The zero-order valence-electron chi connectivity index (χ0n) is 12.1. The van der Waals surface area contributed by atoms with Gasteiger partial charge < -0.3 is 28.8 Å². The third-order valence-electron chi connectivity index (χ3n) is 2.79. The summed E-state index contributed by atoms with van der Waals surface area (Å²) in [5.41, 5.74) is 0. The summed E-state index contributed by atoms with van der Waals surface area (Å²) in [6.07, 6.45) is -9.55. The average Bonchev–Trinajstić information content (AvgIpc) is 2.48. The Balaban J connectivity index is 3.18. The summed E-state index contributed by atoms with van der Waals surface area (Å²) in [6, 6.07) is 0. The number of methoxy groups -OCH3 is 1. The molecule has 1 saturated heterocycles. The van der Waals surface area contributed by atoms with Crippen LogP contribution in [0.2, 0.25) is 0 Å². The Labute approximate surface area is 135 Å². The molecule has 1 aliphatic heterocycles. The van der Waals surface area contributed by atoms with Crippen molar-refractivity contribution < 1.29 is 49.2 Å². The quantitative estimate of drug-likeness (QED) is 0.306. The lowest BCUT2D eigenvalue weighted by Gasteiger charge is -2.42. The molecule has 1 fully saturated rings. The molecular weight excluding hydrogens is 364 g/mol. The highest BCUT2D eigenvalue weighted by atomic mass is 17.0. The molecule has 1 aliphatic rings. The molecule has 5 atom stereocenters. The molecule has 1 heterocycles. The molecule has 0 amide bonds. The van der Waals surface area contributed by atoms with Crippen LogP contribution in [-0.4, -0.2) is 64.8 Å². The van der Waals surface area contributed by atoms with Crippen LogP contribution in [0.25, 0.3) is 0 Å². The summed E-state index contributed by atoms with van der Waals surface area (Å²) in [4.78, 5) is 58.5. The van der Waals surface area contributed by atoms with Gasteiger partial charge in [0.05, 0.1) is 0 Å². The van der Waals surface area contributed by atoms with Gasteiger partial charge in [0.2, 0.25) is 0 Å². The van der Waals surface area contributed by atoms with Crippen molar-refractivity contribution in [1.82, 2.24) is 0 Å². The van der Waals surface area contributed by atoms with Crippen LogP contribution in [0.3, 0.4) is 0 Å². The number of hydrogen-bond acceptors (Lipinski definition) is 14. The number of ether oxygens (including phenoxy) is 2. The first-order valence-electron chi connectivity index (χ1n) is 6.04. The van der Waals surface area contributed by atoms with Gasteiger partial charge in [0, 0.05) is 7.11 Å². The van der Waals surface area contributed by atoms with Gasteiger partial charge in [-0.2, -0.15) is 0 Å². The van der Waals surface area contributed by atoms with E-state index in [1.807, 2.05) is 0 Å². The van der Waals surface area contributed by atoms with Crippen molar-refractivity contribution in [3.63, 3.8) is 0 Å². The van der Waals surface area contributed by atoms with E-state index in [9.17, 15) is 40.5 Å². The van der Waals surface area contributed by atoms with Crippen molar-refractivity contribution >= 4 is 0 Å². The first-order valence-corrected chi connectivity index (χ1v) is 6.04. The highest BCUT2D eigenvalue weighted by Crippen LogP contribution is 2.29. The summed E-state index contributed by atoms with van der Waals surface area (Å²) < 4.78 is 9.71. The van der Waals surface area contributed by atoms with E-state index in [4.69, 9.17) is 9.47 Å². The van der Waals surface area contributed by atoms with E-state index in [0.29, 0.717) is 0 Å². The lowest BCUT2D eigenvalue weighted by atomic mass is 9.99. The molecule has 5 unspecified atom stereocenters. The van der Waals surface area contributed by atoms with E-state index in [1.54, 1.807) is 0 Å². The second-order valence-electron chi connectivity index (χ2n) is 4.18. The fourth-order valence-corrected chi connectivity index (χ4v) is 1.99. The highest BCUT2D eigenvalue weighted by molar-refractivity contribution is 4.91. The van der Waals surface area contributed by atoms with Gasteiger partial charge in [-0.25, -0.2) is 0 Å². The van der Waals surface area contributed by atoms with Gasteiger partial charge in [0.1, 0.15) is 12.7 Å². The lowest BCUT2D eigenvalue weighted by Crippen LogP contribution is -2.63. The fraction of sp³-hybridized carbons (Fsp3) is 1.00. The molecule has 0 aromatic carbocycles. The molecule has 18 heteroatoms. The molecule has 1 rings (SSSR count). The van der Waals surface area contributed by atoms with Gasteiger partial charge in [-0.05, 0) is 0 Å². The lowest BCUT2D eigenvalue weighted by molar-refractivity contribution is -0.825. The normalized spacial score (nSPS) is 28.4. The van der Waals surface area contributed by atoms with E-state index in [1.165, 1.54) is 0 Å². The Bertz CT molecular complexity index is 527. The summed E-state index contributed by atoms with van der Waals surface area (Å²) in [5.74, 6) is 0. The summed E-state index contributed by atoms with van der Waals surface area (Å²) in [7, 11) is 0.963. The predicted octanol–water partition coefficient (Wildman–Crippen LogP) is -1.70. The zero-order chi connectivity index (χ0) is 19.1. The Morgan fingerprint density at radius 2 is 1.28 bits per heavy atom. The van der Waals surface area contributed by atoms with Crippen LogP contribution in [0, 0.1) is 40.5 Å². The van der Waals surface area contributed by atoms with E-state index in [2.05, 4.69) is 19.4 Å². The van der Waals surface area contributed by atoms with Crippen LogP contribution >= 0.6 is 0 Å². The molecular formula is C7H10N4O14. The molecule has 25 heavy (non-hydrogen) atoms. The molecule has 0 aliphatic carbocycles. The van der Waals surface area contributed by atoms with Gasteiger partial charge in [-0.3, -0.25) is 0 Å². The first kappa shape index (κ1) is 19.8. The minimum Gasteiger partial charge on any atom is -0.353 e. The first-order chi connectivity index (χ1) is 11.6. The van der Waals surface area contributed by atoms with Crippen LogP contribution in [-0.2, 0) is 28.8 Å². The zero-order valence-corrected chi connectivity index (χ0v) is 12.1. The van der Waals surface area contributed by atoms with E-state index < -0.39 is 57.7 Å². The minimum atomic E-state index is -2.11. The Hall–Kier alpha value is -3.28. The molecule has 0 saturated carbocycles. The van der Waals surface area contributed by atoms with Crippen LogP contribution in [0.15, 0.2) is 0 Å². The molecule has 0 aromatic rings. The van der Waals surface area contributed by atoms with Crippen LogP contribution in [0.4, 0.5) is 0 Å². The van der Waals surface area contributed by atoms with Crippen LogP contribution in [0.5, 0.6) is 0 Å². The molecule has 142 valence electrons. The van der Waals surface area contributed by atoms with E-state index >= 15 is 0 Å². The molecule has 0 bridgehead atoms. The van der Waals surface area contributed by atoms with Crippen molar-refractivity contribution in [2.45, 2.75) is 30.7 Å². The SMILES string of the molecule is COC1OC(CO[N+](=O)[O-])C(O[N+](=O)[O-])C(O[N+](=O)[O-])C1O[N+](=O)[O-]. The summed E-state index contributed by atoms with van der Waals surface area (Å²) in [6.45, 7) is -0.978. The van der Waals surface area contributed by atoms with Gasteiger partial charge >= 0.3 is 0 Å². The van der Waals surface area contributed by atoms with E-state index in [-0.39, 0.29) is 0 Å². The summed E-state index contributed by atoms with van der Waals surface area (Å²) >= 11 is 0. The van der Waals surface area contributed by atoms with Crippen molar-refractivity contribution in [2.75, 3.05) is 13.7 Å². The second kappa shape index (κ2) is 8.54. The summed E-state index contributed by atoms with van der Waals surface area (Å²) in [5, 5.41) is 36.5. The molecule has 18 nitrogen and oxygen atoms in total. The average molecular weight is 374 g/mol. The molecule has 0 aromatic heterocycles. The smallest absolute Gasteiger partial charge is 0.295 e. The van der Waals surface area contributed by atoms with Crippen LogP contribution < -0.4 is 0 Å². The monoisotopic (exact) mass is 374 g/mol. The fourth-order valence-electron chi connectivity index (χ4n) is 1.99. The van der Waals surface area contributed by atoms with Crippen molar-refractivity contribution in [3.8, 4) is 0 Å². The van der Waals surface area contributed by atoms with Gasteiger partial charge in [0.25, 0.3) is 20.3 Å². The number of nitrogens with zero attached hydrogens (tertiary/aromatic N) is 4.